The van der Waals surface area contributed by atoms with Gasteiger partial charge in [-0.3, -0.25) is 0 Å². The molecule has 1 aromatic heterocycles. The smallest absolute Gasteiger partial charge is 0.160 e. The van der Waals surface area contributed by atoms with Gasteiger partial charge in [-0.25, -0.2) is 9.97 Å². The number of aromatic nitrogens is 2. The van der Waals surface area contributed by atoms with E-state index >= 15 is 0 Å². The molecule has 0 bridgehead atoms. The monoisotopic (exact) mass is 617 g/mol. The van der Waals surface area contributed by atoms with E-state index in [2.05, 4.69) is 151 Å². The molecular formula is C44H31N3O. The quantitative estimate of drug-likeness (QED) is 0.197. The van der Waals surface area contributed by atoms with Crippen LogP contribution >= 0.6 is 0 Å². The highest BCUT2D eigenvalue weighted by molar-refractivity contribution is 5.94. The first kappa shape index (κ1) is 27.1. The van der Waals surface area contributed by atoms with Crippen molar-refractivity contribution in [2.75, 3.05) is 4.90 Å². The highest BCUT2D eigenvalue weighted by Gasteiger charge is 2.44. The lowest BCUT2D eigenvalue weighted by Gasteiger charge is -2.30. The number of fused-ring (bicyclic) bond motifs is 6. The van der Waals surface area contributed by atoms with Gasteiger partial charge in [0.25, 0.3) is 0 Å². The first-order chi connectivity index (χ1) is 23.8. The van der Waals surface area contributed by atoms with Crippen LogP contribution in [0.2, 0.25) is 0 Å². The number of rotatable bonds is 4. The lowest BCUT2D eigenvalue weighted by atomic mass is 9.80. The Labute approximate surface area is 279 Å². The maximum atomic E-state index is 6.39. The molecule has 2 aliphatic carbocycles. The van der Waals surface area contributed by atoms with Gasteiger partial charge in [-0.1, -0.05) is 115 Å². The summed E-state index contributed by atoms with van der Waals surface area (Å²) in [5.74, 6) is 3.40. The summed E-state index contributed by atoms with van der Waals surface area (Å²) in [6.45, 7) is 0. The van der Waals surface area contributed by atoms with E-state index in [1.807, 2.05) is 12.1 Å². The molecule has 2 aliphatic heterocycles. The van der Waals surface area contributed by atoms with Crippen LogP contribution in [0, 0.1) is 5.92 Å². The van der Waals surface area contributed by atoms with Crippen molar-refractivity contribution in [3.05, 3.63) is 180 Å². The SMILES string of the molecule is C1=CC2C3=C(C=C4Oc5ccccc5C4C3)N(c3ccc(-c4nc(-c5ccc(-c6ccccc6)cc5)c5ccccc5n4)cc3)C2C=C1. The Balaban J connectivity index is 1.01. The summed E-state index contributed by atoms with van der Waals surface area (Å²) < 4.78 is 6.39. The molecule has 4 aliphatic rings. The molecule has 0 N–H and O–H groups in total. The minimum absolute atomic E-state index is 0.235. The normalized spacial score (nSPS) is 20.2. The number of anilines is 1. The van der Waals surface area contributed by atoms with Crippen LogP contribution in [-0.4, -0.2) is 16.0 Å². The first-order valence-corrected chi connectivity index (χ1v) is 16.7. The number of nitrogens with zero attached hydrogens (tertiary/aromatic N) is 3. The van der Waals surface area contributed by atoms with Crippen molar-refractivity contribution < 1.29 is 4.74 Å². The van der Waals surface area contributed by atoms with Crippen molar-refractivity contribution in [3.63, 3.8) is 0 Å². The van der Waals surface area contributed by atoms with Crippen molar-refractivity contribution >= 4 is 16.6 Å². The van der Waals surface area contributed by atoms with Gasteiger partial charge in [0.1, 0.15) is 11.5 Å². The molecule has 6 aromatic rings. The summed E-state index contributed by atoms with van der Waals surface area (Å²) in [5, 5.41) is 1.05. The predicted molar refractivity (Wildman–Crippen MR) is 193 cm³/mol. The van der Waals surface area contributed by atoms with E-state index in [1.165, 1.54) is 28.0 Å². The van der Waals surface area contributed by atoms with Crippen LogP contribution in [0.15, 0.2) is 175 Å². The zero-order valence-corrected chi connectivity index (χ0v) is 26.2. The van der Waals surface area contributed by atoms with Gasteiger partial charge in [-0.15, -0.1) is 0 Å². The third-order valence-electron chi connectivity index (χ3n) is 10.2. The molecule has 4 nitrogen and oxygen atoms in total. The lowest BCUT2D eigenvalue weighted by molar-refractivity contribution is 0.420. The number of benzene rings is 5. The van der Waals surface area contributed by atoms with Crippen LogP contribution in [0.5, 0.6) is 5.75 Å². The summed E-state index contributed by atoms with van der Waals surface area (Å²) in [5.41, 5.74) is 11.5. The third-order valence-corrected chi connectivity index (χ3v) is 10.2. The van der Waals surface area contributed by atoms with Crippen molar-refractivity contribution in [3.8, 4) is 39.5 Å². The van der Waals surface area contributed by atoms with Crippen LogP contribution in [-0.2, 0) is 0 Å². The summed E-state index contributed by atoms with van der Waals surface area (Å²) in [4.78, 5) is 12.7. The molecule has 3 unspecified atom stereocenters. The number of ether oxygens (including phenoxy) is 1. The van der Waals surface area contributed by atoms with Crippen LogP contribution < -0.4 is 9.64 Å². The van der Waals surface area contributed by atoms with Gasteiger partial charge in [0, 0.05) is 51.4 Å². The van der Waals surface area contributed by atoms with E-state index in [0.717, 1.165) is 57.2 Å². The van der Waals surface area contributed by atoms with Crippen molar-refractivity contribution in [2.45, 2.75) is 18.4 Å². The molecule has 228 valence electrons. The predicted octanol–water partition coefficient (Wildman–Crippen LogP) is 10.3. The Hall–Kier alpha value is -6.00. The van der Waals surface area contributed by atoms with Crippen LogP contribution in [0.4, 0.5) is 5.69 Å². The minimum Gasteiger partial charge on any atom is -0.461 e. The molecule has 0 radical (unpaired) electrons. The maximum Gasteiger partial charge on any atom is 0.160 e. The second-order valence-electron chi connectivity index (χ2n) is 12.9. The molecule has 0 saturated carbocycles. The molecule has 0 amide bonds. The molecule has 3 heterocycles. The van der Waals surface area contributed by atoms with E-state index in [-0.39, 0.29) is 12.0 Å². The van der Waals surface area contributed by atoms with Gasteiger partial charge < -0.3 is 9.64 Å². The molecule has 0 saturated heterocycles. The first-order valence-electron chi connectivity index (χ1n) is 16.7. The fraction of sp³-hybridized carbons (Fsp3) is 0.0909. The molecule has 0 fully saturated rings. The van der Waals surface area contributed by atoms with Crippen molar-refractivity contribution in [2.24, 2.45) is 5.92 Å². The summed E-state index contributed by atoms with van der Waals surface area (Å²) in [6.07, 6.45) is 12.3. The standard InChI is InChI=1S/C44H31N3O/c1-2-10-28(11-3-1)29-18-20-30(21-19-29)43-35-14-4-7-15-38(35)45-44(46-43)31-22-24-32(25-23-31)47-39-16-8-5-12-33(39)36-26-37-34-13-6-9-17-41(34)48-42(37)27-40(36)47/h1-25,27,33,37,39H,26H2. The number of para-hydroxylation sites is 2. The fourth-order valence-electron chi connectivity index (χ4n) is 7.92. The Morgan fingerprint density at radius 2 is 1.33 bits per heavy atom. The number of hydrogen-bond donors (Lipinski definition) is 0. The summed E-state index contributed by atoms with van der Waals surface area (Å²) in [7, 11) is 0. The molecule has 10 rings (SSSR count). The van der Waals surface area contributed by atoms with Gasteiger partial charge in [0.15, 0.2) is 5.82 Å². The van der Waals surface area contributed by atoms with Crippen LogP contribution in [0.1, 0.15) is 17.9 Å². The van der Waals surface area contributed by atoms with Gasteiger partial charge in [-0.2, -0.15) is 0 Å². The van der Waals surface area contributed by atoms with E-state index in [1.54, 1.807) is 0 Å². The van der Waals surface area contributed by atoms with Gasteiger partial charge in [0.05, 0.1) is 17.3 Å². The molecule has 48 heavy (non-hydrogen) atoms. The van der Waals surface area contributed by atoms with E-state index in [4.69, 9.17) is 14.7 Å². The topological polar surface area (TPSA) is 38.2 Å². The number of allylic oxidation sites excluding steroid dienone is 4. The van der Waals surface area contributed by atoms with Crippen molar-refractivity contribution in [1.82, 2.24) is 9.97 Å². The Kier molecular flexibility index (Phi) is 6.10. The molecule has 0 spiro atoms. The van der Waals surface area contributed by atoms with Gasteiger partial charge >= 0.3 is 0 Å². The summed E-state index contributed by atoms with van der Waals surface area (Å²) in [6, 6.07) is 44.9. The Morgan fingerprint density at radius 3 is 2.21 bits per heavy atom. The Bertz CT molecular complexity index is 2350. The second-order valence-corrected chi connectivity index (χ2v) is 12.9. The van der Waals surface area contributed by atoms with E-state index < -0.39 is 0 Å². The van der Waals surface area contributed by atoms with E-state index in [9.17, 15) is 0 Å². The summed E-state index contributed by atoms with van der Waals surface area (Å²) >= 11 is 0. The van der Waals surface area contributed by atoms with Crippen LogP contribution in [0.25, 0.3) is 44.7 Å². The zero-order chi connectivity index (χ0) is 31.6. The highest BCUT2D eigenvalue weighted by atomic mass is 16.5. The van der Waals surface area contributed by atoms with E-state index in [0.29, 0.717) is 5.92 Å². The van der Waals surface area contributed by atoms with Gasteiger partial charge in [0.2, 0.25) is 0 Å². The minimum atomic E-state index is 0.235. The second kappa shape index (κ2) is 10.8. The van der Waals surface area contributed by atoms with Gasteiger partial charge in [-0.05, 0) is 59.5 Å². The fourth-order valence-corrected chi connectivity index (χ4v) is 7.92. The average molecular weight is 618 g/mol. The zero-order valence-electron chi connectivity index (χ0n) is 26.2. The average Bonchev–Trinajstić information content (AvgIpc) is 3.68. The van der Waals surface area contributed by atoms with Crippen LogP contribution in [0.3, 0.4) is 0 Å². The molecule has 4 heteroatoms. The molecular weight excluding hydrogens is 587 g/mol. The number of hydrogen-bond acceptors (Lipinski definition) is 4. The maximum absolute atomic E-state index is 6.39. The highest BCUT2D eigenvalue weighted by Crippen LogP contribution is 2.53. The Morgan fingerprint density at radius 1 is 0.625 bits per heavy atom. The van der Waals surface area contributed by atoms with Crippen molar-refractivity contribution in [1.29, 1.82) is 0 Å². The third kappa shape index (κ3) is 4.30. The molecule has 5 aromatic carbocycles. The lowest BCUT2D eigenvalue weighted by Crippen LogP contribution is -2.32. The molecule has 3 atom stereocenters. The largest absolute Gasteiger partial charge is 0.461 e.